The van der Waals surface area contributed by atoms with Crippen LogP contribution in [0.2, 0.25) is 0 Å². The van der Waals surface area contributed by atoms with Gasteiger partial charge in [-0.2, -0.15) is 0 Å². The summed E-state index contributed by atoms with van der Waals surface area (Å²) in [6.45, 7) is 4.86. The highest BCUT2D eigenvalue weighted by molar-refractivity contribution is 5.95. The molecule has 0 radical (unpaired) electrons. The van der Waals surface area contributed by atoms with Crippen LogP contribution in [0.25, 0.3) is 0 Å². The average molecular weight is 271 g/mol. The van der Waals surface area contributed by atoms with Crippen molar-refractivity contribution in [2.75, 3.05) is 6.61 Å². The summed E-state index contributed by atoms with van der Waals surface area (Å²) in [5.74, 6) is 1.50. The Kier molecular flexibility index (Phi) is 3.22. The number of hydrogen-bond donors (Lipinski definition) is 0. The zero-order valence-corrected chi connectivity index (χ0v) is 11.6. The molecule has 3 rings (SSSR count). The molecule has 1 aromatic heterocycles. The molecule has 4 nitrogen and oxygen atoms in total. The van der Waals surface area contributed by atoms with E-state index in [2.05, 4.69) is 0 Å². The fourth-order valence-electron chi connectivity index (χ4n) is 2.45. The molecule has 104 valence electrons. The Balaban J connectivity index is 1.93. The molecule has 1 amide bonds. The average Bonchev–Trinajstić information content (AvgIpc) is 2.80. The van der Waals surface area contributed by atoms with Crippen LogP contribution in [0.1, 0.15) is 28.6 Å². The first kappa shape index (κ1) is 12.8. The SMILES string of the molecule is Cc1occc1C(=O)N1Cc2ccccc2OCC1C. The van der Waals surface area contributed by atoms with E-state index in [9.17, 15) is 4.79 Å². The quantitative estimate of drug-likeness (QED) is 0.800. The molecule has 0 fully saturated rings. The number of ether oxygens (including phenoxy) is 1. The lowest BCUT2D eigenvalue weighted by Crippen LogP contribution is -2.39. The van der Waals surface area contributed by atoms with Crippen LogP contribution in [0, 0.1) is 6.92 Å². The largest absolute Gasteiger partial charge is 0.491 e. The van der Waals surface area contributed by atoms with Crippen LogP contribution in [-0.4, -0.2) is 23.5 Å². The lowest BCUT2D eigenvalue weighted by Gasteiger charge is -2.26. The number of carbonyl (C=O) groups excluding carboxylic acids is 1. The molecule has 4 heteroatoms. The first-order chi connectivity index (χ1) is 9.66. The molecule has 0 N–H and O–H groups in total. The second-order valence-electron chi connectivity index (χ2n) is 5.09. The molecule has 1 aromatic carbocycles. The first-order valence-electron chi connectivity index (χ1n) is 6.72. The number of para-hydroxylation sites is 1. The highest BCUT2D eigenvalue weighted by Crippen LogP contribution is 2.26. The summed E-state index contributed by atoms with van der Waals surface area (Å²) in [5, 5.41) is 0. The van der Waals surface area contributed by atoms with Crippen molar-refractivity contribution in [3.05, 3.63) is 53.5 Å². The third-order valence-corrected chi connectivity index (χ3v) is 3.68. The summed E-state index contributed by atoms with van der Waals surface area (Å²) < 4.78 is 11.0. The van der Waals surface area contributed by atoms with E-state index in [1.807, 2.05) is 36.1 Å². The summed E-state index contributed by atoms with van der Waals surface area (Å²) in [7, 11) is 0. The van der Waals surface area contributed by atoms with Crippen LogP contribution >= 0.6 is 0 Å². The molecule has 0 aliphatic carbocycles. The number of amides is 1. The molecule has 1 atom stereocenters. The van der Waals surface area contributed by atoms with Gasteiger partial charge in [0.25, 0.3) is 5.91 Å². The van der Waals surface area contributed by atoms with Gasteiger partial charge in [0.2, 0.25) is 0 Å². The molecule has 1 aliphatic rings. The smallest absolute Gasteiger partial charge is 0.258 e. The van der Waals surface area contributed by atoms with Gasteiger partial charge in [0.05, 0.1) is 24.4 Å². The number of rotatable bonds is 1. The maximum atomic E-state index is 12.7. The molecule has 2 heterocycles. The van der Waals surface area contributed by atoms with Gasteiger partial charge in [-0.05, 0) is 26.0 Å². The predicted octanol–water partition coefficient (Wildman–Crippen LogP) is 3.01. The molecule has 0 spiro atoms. The van der Waals surface area contributed by atoms with E-state index in [1.54, 1.807) is 19.3 Å². The molecule has 0 saturated heterocycles. The van der Waals surface area contributed by atoms with Gasteiger partial charge in [-0.3, -0.25) is 4.79 Å². The Morgan fingerprint density at radius 3 is 2.85 bits per heavy atom. The second-order valence-corrected chi connectivity index (χ2v) is 5.09. The van der Waals surface area contributed by atoms with E-state index in [4.69, 9.17) is 9.15 Å². The van der Waals surface area contributed by atoms with E-state index < -0.39 is 0 Å². The van der Waals surface area contributed by atoms with Crippen molar-refractivity contribution in [2.45, 2.75) is 26.4 Å². The van der Waals surface area contributed by atoms with Crippen LogP contribution in [-0.2, 0) is 6.54 Å². The number of carbonyl (C=O) groups is 1. The lowest BCUT2D eigenvalue weighted by molar-refractivity contribution is 0.0643. The Hall–Kier alpha value is -2.23. The van der Waals surface area contributed by atoms with E-state index in [0.717, 1.165) is 11.3 Å². The van der Waals surface area contributed by atoms with Crippen molar-refractivity contribution < 1.29 is 13.9 Å². The van der Waals surface area contributed by atoms with Crippen LogP contribution < -0.4 is 4.74 Å². The zero-order chi connectivity index (χ0) is 14.1. The Bertz CT molecular complexity index is 632. The van der Waals surface area contributed by atoms with E-state index in [1.165, 1.54) is 0 Å². The Morgan fingerprint density at radius 2 is 2.10 bits per heavy atom. The summed E-state index contributed by atoms with van der Waals surface area (Å²) >= 11 is 0. The van der Waals surface area contributed by atoms with Gasteiger partial charge in [0.15, 0.2) is 0 Å². The topological polar surface area (TPSA) is 42.7 Å². The van der Waals surface area contributed by atoms with Gasteiger partial charge >= 0.3 is 0 Å². The monoisotopic (exact) mass is 271 g/mol. The van der Waals surface area contributed by atoms with Crippen molar-refractivity contribution >= 4 is 5.91 Å². The minimum atomic E-state index is -0.0101. The number of fused-ring (bicyclic) bond motifs is 1. The molecular weight excluding hydrogens is 254 g/mol. The molecular formula is C16H17NO3. The van der Waals surface area contributed by atoms with Crippen LogP contribution in [0.5, 0.6) is 5.75 Å². The minimum Gasteiger partial charge on any atom is -0.491 e. The van der Waals surface area contributed by atoms with Gasteiger partial charge in [-0.15, -0.1) is 0 Å². The summed E-state index contributed by atoms with van der Waals surface area (Å²) in [4.78, 5) is 14.5. The summed E-state index contributed by atoms with van der Waals surface area (Å²) in [5.41, 5.74) is 1.66. The van der Waals surface area contributed by atoms with Crippen molar-refractivity contribution in [1.29, 1.82) is 0 Å². The van der Waals surface area contributed by atoms with Crippen molar-refractivity contribution in [3.63, 3.8) is 0 Å². The van der Waals surface area contributed by atoms with E-state index in [0.29, 0.717) is 24.5 Å². The summed E-state index contributed by atoms with van der Waals surface area (Å²) in [6.07, 6.45) is 1.55. The normalized spacial score (nSPS) is 18.1. The fraction of sp³-hybridized carbons (Fsp3) is 0.312. The van der Waals surface area contributed by atoms with Gasteiger partial charge in [-0.1, -0.05) is 18.2 Å². The van der Waals surface area contributed by atoms with Crippen molar-refractivity contribution in [2.24, 2.45) is 0 Å². The third-order valence-electron chi connectivity index (χ3n) is 3.68. The number of benzene rings is 1. The number of nitrogens with zero attached hydrogens (tertiary/aromatic N) is 1. The zero-order valence-electron chi connectivity index (χ0n) is 11.6. The second kappa shape index (κ2) is 5.04. The van der Waals surface area contributed by atoms with Crippen molar-refractivity contribution in [3.8, 4) is 5.75 Å². The maximum Gasteiger partial charge on any atom is 0.258 e. The van der Waals surface area contributed by atoms with E-state index >= 15 is 0 Å². The standard InChI is InChI=1S/C16H17NO3/c1-11-10-20-15-6-4-3-5-13(15)9-17(11)16(18)14-7-8-19-12(14)2/h3-8,11H,9-10H2,1-2H3. The van der Waals surface area contributed by atoms with Gasteiger partial charge < -0.3 is 14.1 Å². The molecule has 1 aliphatic heterocycles. The maximum absolute atomic E-state index is 12.7. The molecule has 20 heavy (non-hydrogen) atoms. The molecule has 2 aromatic rings. The van der Waals surface area contributed by atoms with Gasteiger partial charge in [0.1, 0.15) is 18.1 Å². The summed E-state index contributed by atoms with van der Waals surface area (Å²) in [6, 6.07) is 9.59. The highest BCUT2D eigenvalue weighted by atomic mass is 16.5. The van der Waals surface area contributed by atoms with Gasteiger partial charge in [-0.25, -0.2) is 0 Å². The highest BCUT2D eigenvalue weighted by Gasteiger charge is 2.27. The third kappa shape index (κ3) is 2.18. The molecule has 1 unspecified atom stereocenters. The van der Waals surface area contributed by atoms with Crippen LogP contribution in [0.3, 0.4) is 0 Å². The Morgan fingerprint density at radius 1 is 1.30 bits per heavy atom. The number of aryl methyl sites for hydroxylation is 1. The number of hydrogen-bond acceptors (Lipinski definition) is 3. The van der Waals surface area contributed by atoms with Crippen LogP contribution in [0.15, 0.2) is 41.0 Å². The lowest BCUT2D eigenvalue weighted by atomic mass is 10.1. The van der Waals surface area contributed by atoms with E-state index in [-0.39, 0.29) is 11.9 Å². The number of furan rings is 1. The Labute approximate surface area is 118 Å². The van der Waals surface area contributed by atoms with Gasteiger partial charge in [0, 0.05) is 5.56 Å². The predicted molar refractivity (Wildman–Crippen MR) is 74.7 cm³/mol. The first-order valence-corrected chi connectivity index (χ1v) is 6.72. The minimum absolute atomic E-state index is 0.0101. The van der Waals surface area contributed by atoms with Crippen LogP contribution in [0.4, 0.5) is 0 Å². The molecule has 0 saturated carbocycles. The van der Waals surface area contributed by atoms with Crippen molar-refractivity contribution in [1.82, 2.24) is 4.90 Å². The molecule has 0 bridgehead atoms. The fourth-order valence-corrected chi connectivity index (χ4v) is 2.45.